The van der Waals surface area contributed by atoms with E-state index in [4.69, 9.17) is 0 Å². The van der Waals surface area contributed by atoms with Gasteiger partial charge in [-0.15, -0.1) is 0 Å². The van der Waals surface area contributed by atoms with Crippen LogP contribution >= 0.6 is 0 Å². The Morgan fingerprint density at radius 2 is 1.80 bits per heavy atom. The Balaban J connectivity index is -0.000000720. The van der Waals surface area contributed by atoms with Crippen molar-refractivity contribution in [2.24, 2.45) is 0 Å². The minimum Gasteiger partial charge on any atom is -0.748 e. The summed E-state index contributed by atoms with van der Waals surface area (Å²) in [6.07, 6.45) is 0. The normalized spacial score (nSPS) is 12.5. The fraction of sp³-hybridized carbons (Fsp3) is 0.714. The van der Waals surface area contributed by atoms with Gasteiger partial charge in [-0.05, 0) is 0 Å². The molecule has 0 aliphatic carbocycles. The molecule has 0 fully saturated rings. The quantitative estimate of drug-likeness (QED) is 0.137. The first kappa shape index (κ1) is 20.0. The third-order valence-electron chi connectivity index (χ3n) is 1.17. The summed E-state index contributed by atoms with van der Waals surface area (Å²) in [5.74, 6) is 0. The molecule has 0 saturated carbocycles. The second-order valence-electron chi connectivity index (χ2n) is 2.18. The van der Waals surface area contributed by atoms with Crippen molar-refractivity contribution < 1.29 is 32.6 Å². The predicted octanol–water partition coefficient (Wildman–Crippen LogP) is -1.29. The van der Waals surface area contributed by atoms with Gasteiger partial charge in [-0.3, -0.25) is 0 Å². The predicted molar refractivity (Wildman–Crippen MR) is 50.1 cm³/mol. The number of hydrogen-bond donors (Lipinski definition) is 0. The second-order valence-corrected chi connectivity index (χ2v) is 3.83. The van der Waals surface area contributed by atoms with Gasteiger partial charge in [-0.2, -0.15) is 0 Å². The molecule has 0 aliphatic rings. The van der Waals surface area contributed by atoms with Gasteiger partial charge in [0.05, 0.1) is 18.5 Å². The van der Waals surface area contributed by atoms with Gasteiger partial charge >= 0.3 is 0 Å². The maximum Gasteiger partial charge on any atom is 0.146 e. The highest BCUT2D eigenvalue weighted by atomic mass is 32.2. The third kappa shape index (κ3) is 9.79. The summed E-state index contributed by atoms with van der Waals surface area (Å²) in [5, 5.41) is 8.14. The van der Waals surface area contributed by atoms with E-state index in [1.54, 1.807) is 0 Å². The maximum absolute atomic E-state index is 10.4. The Kier molecular flexibility index (Phi) is 13.3. The fourth-order valence-corrected chi connectivity index (χ4v) is 1.04. The van der Waals surface area contributed by atoms with Crippen LogP contribution in [0.5, 0.6) is 0 Å². The first-order chi connectivity index (χ1) is 6.02. The van der Waals surface area contributed by atoms with E-state index >= 15 is 0 Å². The molecular formula is C7H16O7S. The van der Waals surface area contributed by atoms with Crippen LogP contribution in [-0.4, -0.2) is 45.3 Å². The van der Waals surface area contributed by atoms with Crippen LogP contribution in [-0.2, 0) is 24.5 Å². The van der Waals surface area contributed by atoms with E-state index in [1.807, 2.05) is 0 Å². The topological polar surface area (TPSA) is 108 Å². The lowest BCUT2D eigenvalue weighted by molar-refractivity contribution is -0.689. The second kappa shape index (κ2) is 10.0. The summed E-state index contributed by atoms with van der Waals surface area (Å²) in [6.45, 7) is -1.29. The molecule has 1 unspecified atom stereocenters. The standard InChI is InChI=1S/C5H12O7S.2CH3/c1-10-4-11-2-5(3-12-6)13(7,8)9;;/h5-6H,2-4H2,1H3,(H,7,8,9);2*1H3/q;2*+1/p-2. The van der Waals surface area contributed by atoms with E-state index in [0.717, 1.165) is 0 Å². The van der Waals surface area contributed by atoms with Crippen LogP contribution in [0.4, 0.5) is 0 Å². The van der Waals surface area contributed by atoms with Gasteiger partial charge in [-0.1, -0.05) is 0 Å². The van der Waals surface area contributed by atoms with Gasteiger partial charge in [-0.25, -0.2) is 8.42 Å². The summed E-state index contributed by atoms with van der Waals surface area (Å²) in [5.41, 5.74) is 0. The molecule has 0 heterocycles. The highest BCUT2D eigenvalue weighted by Gasteiger charge is 2.15. The Morgan fingerprint density at radius 3 is 2.13 bits per heavy atom. The monoisotopic (exact) mass is 244 g/mol. The molecule has 0 spiro atoms. The van der Waals surface area contributed by atoms with Gasteiger partial charge in [0.2, 0.25) is 0 Å². The number of rotatable bonds is 7. The van der Waals surface area contributed by atoms with Crippen molar-refractivity contribution in [3.05, 3.63) is 14.9 Å². The number of hydrogen-bond acceptors (Lipinski definition) is 7. The molecule has 0 radical (unpaired) electrons. The number of methoxy groups -OCH3 is 1. The van der Waals surface area contributed by atoms with Crippen molar-refractivity contribution in [3.8, 4) is 0 Å². The Labute approximate surface area is 90.6 Å². The minimum atomic E-state index is -4.56. The van der Waals surface area contributed by atoms with Gasteiger partial charge in [0.1, 0.15) is 16.9 Å². The molecule has 0 saturated heterocycles. The molecule has 8 heteroatoms. The Hall–Kier alpha value is -0.510. The van der Waals surface area contributed by atoms with Crippen molar-refractivity contribution in [2.75, 3.05) is 27.1 Å². The molecule has 1 atom stereocenters. The summed E-state index contributed by atoms with van der Waals surface area (Å²) < 4.78 is 40.3. The smallest absolute Gasteiger partial charge is 0.146 e. The molecule has 0 bridgehead atoms. The highest BCUT2D eigenvalue weighted by molar-refractivity contribution is 7.86. The van der Waals surface area contributed by atoms with Crippen LogP contribution in [0.2, 0.25) is 0 Å². The molecule has 0 aromatic heterocycles. The lowest BCUT2D eigenvalue weighted by atomic mass is 10.5. The summed E-state index contributed by atoms with van der Waals surface area (Å²) >= 11 is 0. The van der Waals surface area contributed by atoms with Crippen molar-refractivity contribution in [2.45, 2.75) is 5.25 Å². The zero-order valence-electron chi connectivity index (χ0n) is 8.96. The lowest BCUT2D eigenvalue weighted by Gasteiger charge is -2.21. The largest absolute Gasteiger partial charge is 0.748 e. The molecule has 0 N–H and O–H groups in total. The average Bonchev–Trinajstić information content (AvgIpc) is 2.01. The molecule has 15 heavy (non-hydrogen) atoms. The Bertz CT molecular complexity index is 213. The van der Waals surface area contributed by atoms with E-state index in [9.17, 15) is 18.2 Å². The molecule has 92 valence electrons. The molecule has 0 aliphatic heterocycles. The van der Waals surface area contributed by atoms with Gasteiger partial charge in [0.25, 0.3) is 0 Å². The van der Waals surface area contributed by atoms with Crippen molar-refractivity contribution in [3.63, 3.8) is 0 Å². The fourth-order valence-electron chi connectivity index (χ4n) is 0.554. The molecule has 0 rings (SSSR count). The van der Waals surface area contributed by atoms with Gasteiger partial charge in [0.15, 0.2) is 0 Å². The Morgan fingerprint density at radius 1 is 1.27 bits per heavy atom. The summed E-state index contributed by atoms with van der Waals surface area (Å²) in [6, 6.07) is 0. The third-order valence-corrected chi connectivity index (χ3v) is 2.26. The molecule has 0 amide bonds. The van der Waals surface area contributed by atoms with E-state index in [1.165, 1.54) is 7.11 Å². The molecule has 0 aromatic carbocycles. The summed E-state index contributed by atoms with van der Waals surface area (Å²) in [4.78, 5) is 3.31. The van der Waals surface area contributed by atoms with Crippen molar-refractivity contribution >= 4 is 10.1 Å². The van der Waals surface area contributed by atoms with Crippen LogP contribution in [0.25, 0.3) is 0 Å². The zero-order valence-corrected chi connectivity index (χ0v) is 9.78. The first-order valence-corrected chi connectivity index (χ1v) is 4.75. The summed E-state index contributed by atoms with van der Waals surface area (Å²) in [7, 11) is -3.22. The SMILES string of the molecule is COCOCC(CO[O-])S(=O)(=O)[O-].[CH3+].[CH3+]. The maximum atomic E-state index is 10.4. The van der Waals surface area contributed by atoms with Crippen LogP contribution in [0.15, 0.2) is 0 Å². The van der Waals surface area contributed by atoms with Gasteiger partial charge < -0.3 is 24.2 Å². The molecular weight excluding hydrogens is 228 g/mol. The van der Waals surface area contributed by atoms with Gasteiger partial charge in [0, 0.05) is 22.0 Å². The zero-order chi connectivity index (χ0) is 10.3. The minimum absolute atomic E-state index is 0. The molecule has 7 nitrogen and oxygen atoms in total. The average molecular weight is 244 g/mol. The van der Waals surface area contributed by atoms with E-state index in [0.29, 0.717) is 0 Å². The van der Waals surface area contributed by atoms with E-state index in [2.05, 4.69) is 14.4 Å². The van der Waals surface area contributed by atoms with E-state index in [-0.39, 0.29) is 21.6 Å². The van der Waals surface area contributed by atoms with Crippen LogP contribution in [0.3, 0.4) is 0 Å². The lowest BCUT2D eigenvalue weighted by Crippen LogP contribution is -2.33. The highest BCUT2D eigenvalue weighted by Crippen LogP contribution is 1.99. The van der Waals surface area contributed by atoms with Crippen LogP contribution < -0.4 is 5.26 Å². The molecule has 0 aromatic rings. The van der Waals surface area contributed by atoms with Crippen LogP contribution in [0.1, 0.15) is 0 Å². The van der Waals surface area contributed by atoms with Crippen LogP contribution in [0, 0.1) is 14.9 Å². The number of ether oxygens (including phenoxy) is 2. The van der Waals surface area contributed by atoms with E-state index < -0.39 is 28.6 Å². The van der Waals surface area contributed by atoms with Crippen molar-refractivity contribution in [1.29, 1.82) is 0 Å². The van der Waals surface area contributed by atoms with Crippen molar-refractivity contribution in [1.82, 2.24) is 0 Å². The first-order valence-electron chi connectivity index (χ1n) is 3.28.